The van der Waals surface area contributed by atoms with Crippen LogP contribution < -0.4 is 16.4 Å². The van der Waals surface area contributed by atoms with Gasteiger partial charge in [0.25, 0.3) is 11.8 Å². The molecule has 0 saturated carbocycles. The van der Waals surface area contributed by atoms with Gasteiger partial charge in [0.05, 0.1) is 0 Å². The zero-order valence-corrected chi connectivity index (χ0v) is 14.2. The van der Waals surface area contributed by atoms with Gasteiger partial charge in [0.15, 0.2) is 0 Å². The van der Waals surface area contributed by atoms with E-state index in [1.807, 2.05) is 32.9 Å². The topological polar surface area (TPSA) is 84.2 Å². The van der Waals surface area contributed by atoms with Crippen LogP contribution in [0.15, 0.2) is 42.5 Å². The molecule has 0 aliphatic heterocycles. The van der Waals surface area contributed by atoms with E-state index >= 15 is 0 Å². The zero-order chi connectivity index (χ0) is 17.7. The lowest BCUT2D eigenvalue weighted by Crippen LogP contribution is -2.30. The van der Waals surface area contributed by atoms with Gasteiger partial charge in [-0.05, 0) is 62.2 Å². The third kappa shape index (κ3) is 4.43. The summed E-state index contributed by atoms with van der Waals surface area (Å²) in [5.41, 5.74) is 9.18. The molecule has 5 nitrogen and oxygen atoms in total. The van der Waals surface area contributed by atoms with Crippen LogP contribution in [0.1, 0.15) is 45.7 Å². The fourth-order valence-electron chi connectivity index (χ4n) is 2.28. The molecule has 24 heavy (non-hydrogen) atoms. The Kier molecular flexibility index (Phi) is 5.71. The Balaban J connectivity index is 2.11. The predicted octanol–water partition coefficient (Wildman–Crippen LogP) is 2.84. The second-order valence-electron chi connectivity index (χ2n) is 6.01. The van der Waals surface area contributed by atoms with Crippen molar-refractivity contribution in [1.82, 2.24) is 5.32 Å². The molecule has 0 aliphatic rings. The summed E-state index contributed by atoms with van der Waals surface area (Å²) in [5.74, 6) is -0.315. The van der Waals surface area contributed by atoms with Crippen LogP contribution in [-0.4, -0.2) is 17.9 Å². The first-order valence-electron chi connectivity index (χ1n) is 7.92. The number of rotatable bonds is 5. The number of anilines is 1. The van der Waals surface area contributed by atoms with Crippen LogP contribution in [0.25, 0.3) is 0 Å². The summed E-state index contributed by atoms with van der Waals surface area (Å²) in [5, 5.41) is 5.72. The number of nitrogens with one attached hydrogen (secondary N) is 2. The molecule has 0 aromatic heterocycles. The van der Waals surface area contributed by atoms with Gasteiger partial charge in [-0.1, -0.05) is 12.1 Å². The Morgan fingerprint density at radius 3 is 2.17 bits per heavy atom. The molecule has 2 amide bonds. The average molecular weight is 325 g/mol. The van der Waals surface area contributed by atoms with Crippen molar-refractivity contribution in [3.05, 3.63) is 64.7 Å². The summed E-state index contributed by atoms with van der Waals surface area (Å²) < 4.78 is 0. The third-order valence-corrected chi connectivity index (χ3v) is 3.61. The summed E-state index contributed by atoms with van der Waals surface area (Å²) >= 11 is 0. The van der Waals surface area contributed by atoms with Gasteiger partial charge in [0.2, 0.25) is 0 Å². The molecule has 2 rings (SSSR count). The molecule has 0 unspecified atom stereocenters. The van der Waals surface area contributed by atoms with E-state index in [1.54, 1.807) is 30.3 Å². The van der Waals surface area contributed by atoms with E-state index in [1.165, 1.54) is 0 Å². The van der Waals surface area contributed by atoms with E-state index < -0.39 is 0 Å². The van der Waals surface area contributed by atoms with Crippen LogP contribution in [-0.2, 0) is 6.54 Å². The van der Waals surface area contributed by atoms with E-state index in [0.29, 0.717) is 23.4 Å². The van der Waals surface area contributed by atoms with Crippen LogP contribution in [0.2, 0.25) is 0 Å². The van der Waals surface area contributed by atoms with Crippen LogP contribution in [0, 0.1) is 6.92 Å². The van der Waals surface area contributed by atoms with Gasteiger partial charge in [-0.25, -0.2) is 0 Å². The van der Waals surface area contributed by atoms with Crippen LogP contribution in [0.3, 0.4) is 0 Å². The van der Waals surface area contributed by atoms with Crippen molar-refractivity contribution < 1.29 is 9.59 Å². The molecule has 0 atom stereocenters. The van der Waals surface area contributed by atoms with E-state index in [4.69, 9.17) is 5.73 Å². The highest BCUT2D eigenvalue weighted by Crippen LogP contribution is 2.18. The Labute approximate surface area is 142 Å². The quantitative estimate of drug-likeness (QED) is 0.790. The number of nitrogens with two attached hydrogens (primary N) is 1. The van der Waals surface area contributed by atoms with Gasteiger partial charge in [-0.3, -0.25) is 9.59 Å². The first-order chi connectivity index (χ1) is 11.4. The zero-order valence-electron chi connectivity index (χ0n) is 14.2. The minimum absolute atomic E-state index is 0.0775. The highest BCUT2D eigenvalue weighted by Gasteiger charge is 2.11. The molecular formula is C19H23N3O2. The van der Waals surface area contributed by atoms with Gasteiger partial charge in [-0.2, -0.15) is 0 Å². The molecule has 0 fully saturated rings. The molecule has 2 aromatic carbocycles. The van der Waals surface area contributed by atoms with Gasteiger partial charge < -0.3 is 16.4 Å². The lowest BCUT2D eigenvalue weighted by atomic mass is 10.1. The van der Waals surface area contributed by atoms with E-state index in [2.05, 4.69) is 10.6 Å². The van der Waals surface area contributed by atoms with Gasteiger partial charge in [0, 0.05) is 29.4 Å². The minimum atomic E-state index is -0.193. The lowest BCUT2D eigenvalue weighted by Gasteiger charge is -2.12. The SMILES string of the molecule is Cc1cc(C(=O)NC(C)C)ccc1NC(=O)c1ccc(CN)cc1. The van der Waals surface area contributed by atoms with Crippen LogP contribution in [0.4, 0.5) is 5.69 Å². The van der Waals surface area contributed by atoms with Gasteiger partial charge >= 0.3 is 0 Å². The minimum Gasteiger partial charge on any atom is -0.350 e. The Hall–Kier alpha value is -2.66. The molecule has 0 bridgehead atoms. The van der Waals surface area contributed by atoms with Gasteiger partial charge in [0.1, 0.15) is 0 Å². The lowest BCUT2D eigenvalue weighted by molar-refractivity contribution is 0.0942. The first-order valence-corrected chi connectivity index (χ1v) is 7.92. The molecule has 126 valence electrons. The van der Waals surface area contributed by atoms with Crippen molar-refractivity contribution in [2.24, 2.45) is 5.73 Å². The number of hydrogen-bond donors (Lipinski definition) is 3. The Bertz CT molecular complexity index is 737. The van der Waals surface area contributed by atoms with E-state index in [-0.39, 0.29) is 17.9 Å². The first kappa shape index (κ1) is 17.7. The average Bonchev–Trinajstić information content (AvgIpc) is 2.56. The van der Waals surface area contributed by atoms with Gasteiger partial charge in [-0.15, -0.1) is 0 Å². The number of hydrogen-bond acceptors (Lipinski definition) is 3. The second-order valence-corrected chi connectivity index (χ2v) is 6.01. The molecule has 4 N–H and O–H groups in total. The molecule has 0 heterocycles. The number of aryl methyl sites for hydroxylation is 1. The maximum Gasteiger partial charge on any atom is 0.255 e. The second kappa shape index (κ2) is 7.75. The third-order valence-electron chi connectivity index (χ3n) is 3.61. The monoisotopic (exact) mass is 325 g/mol. The molecule has 0 saturated heterocycles. The summed E-state index contributed by atoms with van der Waals surface area (Å²) in [6, 6.07) is 12.5. The molecule has 0 radical (unpaired) electrons. The number of carbonyl (C=O) groups is 2. The van der Waals surface area contributed by atoms with E-state index in [9.17, 15) is 9.59 Å². The molecular weight excluding hydrogens is 302 g/mol. The van der Waals surface area contributed by atoms with Crippen molar-refractivity contribution >= 4 is 17.5 Å². The van der Waals surface area contributed by atoms with E-state index in [0.717, 1.165) is 11.1 Å². The maximum absolute atomic E-state index is 12.3. The number of carbonyl (C=O) groups excluding carboxylic acids is 2. The normalized spacial score (nSPS) is 10.5. The summed E-state index contributed by atoms with van der Waals surface area (Å²) in [6.07, 6.45) is 0. The summed E-state index contributed by atoms with van der Waals surface area (Å²) in [4.78, 5) is 24.3. The molecule has 0 aliphatic carbocycles. The largest absolute Gasteiger partial charge is 0.350 e. The maximum atomic E-state index is 12.3. The van der Waals surface area contributed by atoms with Crippen LogP contribution in [0.5, 0.6) is 0 Å². The fourth-order valence-corrected chi connectivity index (χ4v) is 2.28. The van der Waals surface area contributed by atoms with Crippen molar-refractivity contribution in [2.45, 2.75) is 33.4 Å². The van der Waals surface area contributed by atoms with Crippen molar-refractivity contribution in [3.8, 4) is 0 Å². The summed E-state index contributed by atoms with van der Waals surface area (Å²) in [6.45, 7) is 6.13. The van der Waals surface area contributed by atoms with Crippen molar-refractivity contribution in [3.63, 3.8) is 0 Å². The number of amides is 2. The molecule has 5 heteroatoms. The molecule has 0 spiro atoms. The van der Waals surface area contributed by atoms with Crippen LogP contribution >= 0.6 is 0 Å². The Morgan fingerprint density at radius 1 is 1.00 bits per heavy atom. The standard InChI is InChI=1S/C19H23N3O2/c1-12(2)21-19(24)16-8-9-17(13(3)10-16)22-18(23)15-6-4-14(11-20)5-7-15/h4-10,12H,11,20H2,1-3H3,(H,21,24)(H,22,23). The fraction of sp³-hybridized carbons (Fsp3) is 0.263. The summed E-state index contributed by atoms with van der Waals surface area (Å²) in [7, 11) is 0. The highest BCUT2D eigenvalue weighted by atomic mass is 16.2. The van der Waals surface area contributed by atoms with Crippen molar-refractivity contribution in [1.29, 1.82) is 0 Å². The highest BCUT2D eigenvalue weighted by molar-refractivity contribution is 6.05. The van der Waals surface area contributed by atoms with Crippen molar-refractivity contribution in [2.75, 3.05) is 5.32 Å². The molecule has 2 aromatic rings. The smallest absolute Gasteiger partial charge is 0.255 e. The Morgan fingerprint density at radius 2 is 1.62 bits per heavy atom. The predicted molar refractivity (Wildman–Crippen MR) is 96.1 cm³/mol. The number of benzene rings is 2.